The van der Waals surface area contributed by atoms with Crippen molar-refractivity contribution in [2.24, 2.45) is 0 Å². The number of nitrogens with one attached hydrogen (secondary N) is 1. The van der Waals surface area contributed by atoms with Crippen LogP contribution in [0, 0.1) is 0 Å². The molecular formula is C22H22N2O9. The monoisotopic (exact) mass is 458 g/mol. The van der Waals surface area contributed by atoms with Gasteiger partial charge in [0.2, 0.25) is 5.76 Å². The number of hydrogen-bond donors (Lipinski definition) is 1. The van der Waals surface area contributed by atoms with Crippen LogP contribution in [0.25, 0.3) is 6.08 Å². The Bertz CT molecular complexity index is 1100. The van der Waals surface area contributed by atoms with Crippen molar-refractivity contribution in [3.63, 3.8) is 0 Å². The van der Waals surface area contributed by atoms with Crippen LogP contribution < -0.4 is 14.8 Å². The maximum absolute atomic E-state index is 12.7. The Kier molecular flexibility index (Phi) is 7.34. The molecule has 0 spiro atoms. The van der Waals surface area contributed by atoms with E-state index in [0.29, 0.717) is 23.7 Å². The molecule has 1 aromatic carbocycles. The maximum Gasteiger partial charge on any atom is 0.373 e. The van der Waals surface area contributed by atoms with Crippen LogP contribution in [0.1, 0.15) is 28.8 Å². The summed E-state index contributed by atoms with van der Waals surface area (Å²) in [6.07, 6.45) is 1.48. The van der Waals surface area contributed by atoms with E-state index in [0.717, 1.165) is 4.90 Å². The number of ether oxygens (including phenoxy) is 4. The zero-order valence-corrected chi connectivity index (χ0v) is 18.2. The Labute approximate surface area is 188 Å². The lowest BCUT2D eigenvalue weighted by Gasteiger charge is -2.12. The summed E-state index contributed by atoms with van der Waals surface area (Å²) >= 11 is 0. The van der Waals surface area contributed by atoms with E-state index in [4.69, 9.17) is 13.9 Å². The first-order valence-corrected chi connectivity index (χ1v) is 9.84. The number of methoxy groups -OCH3 is 2. The zero-order valence-electron chi connectivity index (χ0n) is 18.2. The first-order valence-electron chi connectivity index (χ1n) is 9.84. The van der Waals surface area contributed by atoms with Crippen molar-refractivity contribution in [2.45, 2.75) is 13.5 Å². The van der Waals surface area contributed by atoms with Crippen molar-refractivity contribution in [3.8, 4) is 11.5 Å². The van der Waals surface area contributed by atoms with Crippen LogP contribution >= 0.6 is 0 Å². The summed E-state index contributed by atoms with van der Waals surface area (Å²) < 4.78 is 25.4. The van der Waals surface area contributed by atoms with Crippen molar-refractivity contribution in [1.82, 2.24) is 10.2 Å². The number of carbonyl (C=O) groups excluding carboxylic acids is 4. The minimum Gasteiger partial charge on any atom is -0.490 e. The van der Waals surface area contributed by atoms with Gasteiger partial charge in [-0.15, -0.1) is 0 Å². The number of nitrogens with zero attached hydrogens (tertiary/aromatic N) is 1. The fraction of sp³-hybridized carbons (Fsp3) is 0.273. The van der Waals surface area contributed by atoms with Gasteiger partial charge in [-0.1, -0.05) is 6.07 Å². The molecular weight excluding hydrogens is 436 g/mol. The van der Waals surface area contributed by atoms with Gasteiger partial charge in [0.05, 0.1) is 27.4 Å². The van der Waals surface area contributed by atoms with Crippen LogP contribution in [0.4, 0.5) is 4.79 Å². The molecule has 11 heteroatoms. The molecule has 3 amide bonds. The van der Waals surface area contributed by atoms with Crippen molar-refractivity contribution in [2.75, 3.05) is 27.4 Å². The van der Waals surface area contributed by atoms with E-state index < -0.39 is 23.9 Å². The zero-order chi connectivity index (χ0) is 24.0. The molecule has 1 fully saturated rings. The average molecular weight is 458 g/mol. The normalized spacial score (nSPS) is 14.3. The van der Waals surface area contributed by atoms with Crippen LogP contribution in [0.15, 0.2) is 40.4 Å². The van der Waals surface area contributed by atoms with Crippen LogP contribution in [0.5, 0.6) is 11.5 Å². The quantitative estimate of drug-likeness (QED) is 0.341. The predicted octanol–water partition coefficient (Wildman–Crippen LogP) is 2.11. The summed E-state index contributed by atoms with van der Waals surface area (Å²) in [6.45, 7) is 1.68. The number of benzene rings is 1. The van der Waals surface area contributed by atoms with Crippen molar-refractivity contribution < 1.29 is 42.5 Å². The van der Waals surface area contributed by atoms with Crippen molar-refractivity contribution in [1.29, 1.82) is 0 Å². The van der Waals surface area contributed by atoms with Gasteiger partial charge in [-0.2, -0.15) is 0 Å². The number of hydrogen-bond acceptors (Lipinski definition) is 9. The molecule has 1 N–H and O–H groups in total. The highest BCUT2D eigenvalue weighted by molar-refractivity contribution is 6.13. The van der Waals surface area contributed by atoms with E-state index in [1.807, 2.05) is 0 Å². The lowest BCUT2D eigenvalue weighted by atomic mass is 10.1. The standard InChI is InChI=1S/C22H22N2O9/c1-4-31-18-10-13(5-7-16(18)32-12-19(25)29-2)9-15-20(26)24(22(28)23-15)11-14-6-8-17(33-14)21(27)30-3/h5-10H,4,11-12H2,1-3H3,(H,23,28)/b15-9-. The van der Waals surface area contributed by atoms with Gasteiger partial charge >= 0.3 is 18.0 Å². The molecule has 3 rings (SSSR count). The minimum atomic E-state index is -0.664. The summed E-state index contributed by atoms with van der Waals surface area (Å²) in [6, 6.07) is 7.08. The van der Waals surface area contributed by atoms with Crippen molar-refractivity contribution in [3.05, 3.63) is 53.1 Å². The smallest absolute Gasteiger partial charge is 0.373 e. The van der Waals surface area contributed by atoms with Crippen LogP contribution in [-0.2, 0) is 25.6 Å². The molecule has 2 heterocycles. The lowest BCUT2D eigenvalue weighted by molar-refractivity contribution is -0.143. The third-order valence-electron chi connectivity index (χ3n) is 4.48. The molecule has 0 bridgehead atoms. The van der Waals surface area contributed by atoms with Crippen LogP contribution in [0.2, 0.25) is 0 Å². The molecule has 1 aliphatic heterocycles. The van der Waals surface area contributed by atoms with Gasteiger partial charge in [0.1, 0.15) is 11.5 Å². The van der Waals surface area contributed by atoms with Gasteiger partial charge in [0, 0.05) is 0 Å². The molecule has 0 radical (unpaired) electrons. The first-order chi connectivity index (χ1) is 15.9. The van der Waals surface area contributed by atoms with Gasteiger partial charge in [-0.25, -0.2) is 14.4 Å². The summed E-state index contributed by atoms with van der Waals surface area (Å²) in [5, 5.41) is 2.51. The molecule has 11 nitrogen and oxygen atoms in total. The Morgan fingerprint density at radius 1 is 1.06 bits per heavy atom. The molecule has 33 heavy (non-hydrogen) atoms. The fourth-order valence-electron chi connectivity index (χ4n) is 2.91. The Morgan fingerprint density at radius 2 is 1.85 bits per heavy atom. The summed E-state index contributed by atoms with van der Waals surface area (Å²) in [7, 11) is 2.47. The minimum absolute atomic E-state index is 0.0340. The van der Waals surface area contributed by atoms with E-state index in [1.54, 1.807) is 25.1 Å². The van der Waals surface area contributed by atoms with Crippen LogP contribution in [0.3, 0.4) is 0 Å². The van der Waals surface area contributed by atoms with E-state index in [-0.39, 0.29) is 30.4 Å². The topological polar surface area (TPSA) is 134 Å². The molecule has 1 aromatic heterocycles. The Balaban J connectivity index is 1.76. The van der Waals surface area contributed by atoms with Crippen molar-refractivity contribution >= 4 is 30.0 Å². The highest BCUT2D eigenvalue weighted by atomic mass is 16.6. The van der Waals surface area contributed by atoms with E-state index in [9.17, 15) is 19.2 Å². The van der Waals surface area contributed by atoms with Gasteiger partial charge in [-0.05, 0) is 42.8 Å². The van der Waals surface area contributed by atoms with E-state index in [2.05, 4.69) is 14.8 Å². The van der Waals surface area contributed by atoms with E-state index >= 15 is 0 Å². The molecule has 0 unspecified atom stereocenters. The maximum atomic E-state index is 12.7. The first kappa shape index (κ1) is 23.4. The van der Waals surface area contributed by atoms with Gasteiger partial charge < -0.3 is 28.7 Å². The SMILES string of the molecule is CCOc1cc(/C=C2\NC(=O)N(Cc3ccc(C(=O)OC)o3)C2=O)ccc1OCC(=O)OC. The molecule has 174 valence electrons. The second-order valence-electron chi connectivity index (χ2n) is 6.64. The number of urea groups is 1. The second kappa shape index (κ2) is 10.4. The third-order valence-corrected chi connectivity index (χ3v) is 4.48. The highest BCUT2D eigenvalue weighted by Gasteiger charge is 2.34. The molecule has 0 saturated carbocycles. The number of imide groups is 1. The highest BCUT2D eigenvalue weighted by Crippen LogP contribution is 2.30. The second-order valence-corrected chi connectivity index (χ2v) is 6.64. The molecule has 0 aliphatic carbocycles. The van der Waals surface area contributed by atoms with Gasteiger partial charge in [-0.3, -0.25) is 9.69 Å². The number of esters is 2. The van der Waals surface area contributed by atoms with Gasteiger partial charge in [0.25, 0.3) is 5.91 Å². The average Bonchev–Trinajstić information content (AvgIpc) is 3.38. The number of furan rings is 1. The Morgan fingerprint density at radius 3 is 2.55 bits per heavy atom. The third kappa shape index (κ3) is 5.50. The summed E-state index contributed by atoms with van der Waals surface area (Å²) in [5.41, 5.74) is 0.603. The largest absolute Gasteiger partial charge is 0.490 e. The number of rotatable bonds is 9. The van der Waals surface area contributed by atoms with E-state index in [1.165, 1.54) is 32.4 Å². The van der Waals surface area contributed by atoms with Crippen LogP contribution in [-0.4, -0.2) is 56.2 Å². The molecule has 1 aliphatic rings. The fourth-order valence-corrected chi connectivity index (χ4v) is 2.91. The Hall–Kier alpha value is -4.28. The number of carbonyl (C=O) groups is 4. The van der Waals surface area contributed by atoms with Gasteiger partial charge in [0.15, 0.2) is 18.1 Å². The molecule has 2 aromatic rings. The number of amides is 3. The lowest BCUT2D eigenvalue weighted by Crippen LogP contribution is -2.30. The summed E-state index contributed by atoms with van der Waals surface area (Å²) in [5.74, 6) is -0.886. The molecule has 1 saturated heterocycles. The molecule has 0 atom stereocenters. The summed E-state index contributed by atoms with van der Waals surface area (Å²) in [4.78, 5) is 48.8. The predicted molar refractivity (Wildman–Crippen MR) is 112 cm³/mol.